The number of nitrogens with one attached hydrogen (secondary N) is 1. The summed E-state index contributed by atoms with van der Waals surface area (Å²) in [5, 5.41) is 3.30. The number of benzene rings is 1. The summed E-state index contributed by atoms with van der Waals surface area (Å²) >= 11 is 0. The fraction of sp³-hybridized carbons (Fsp3) is 0.571. The van der Waals surface area contributed by atoms with E-state index in [1.54, 1.807) is 6.07 Å². The van der Waals surface area contributed by atoms with Gasteiger partial charge in [0.1, 0.15) is 5.82 Å². The summed E-state index contributed by atoms with van der Waals surface area (Å²) in [4.78, 5) is 2.17. The summed E-state index contributed by atoms with van der Waals surface area (Å²) in [6.07, 6.45) is 2.33. The minimum atomic E-state index is -0.105. The van der Waals surface area contributed by atoms with Gasteiger partial charge in [-0.2, -0.15) is 0 Å². The summed E-state index contributed by atoms with van der Waals surface area (Å²) in [6.45, 7) is 5.92. The number of unbranched alkanes of at least 4 members (excludes halogenated alkanes) is 1. The molecule has 0 aliphatic carbocycles. The van der Waals surface area contributed by atoms with E-state index in [0.717, 1.165) is 31.6 Å². The SMILES string of the molecule is CCNCCCCN(C)Cc1ccccc1F. The van der Waals surface area contributed by atoms with Gasteiger partial charge in [0.25, 0.3) is 0 Å². The third-order valence-corrected chi connectivity index (χ3v) is 2.79. The van der Waals surface area contributed by atoms with E-state index in [2.05, 4.69) is 17.1 Å². The van der Waals surface area contributed by atoms with Crippen LogP contribution in [0.1, 0.15) is 25.3 Å². The monoisotopic (exact) mass is 238 g/mol. The lowest BCUT2D eigenvalue weighted by Gasteiger charge is -2.16. The molecule has 0 aliphatic heterocycles. The highest BCUT2D eigenvalue weighted by molar-refractivity contribution is 5.16. The van der Waals surface area contributed by atoms with Crippen LogP contribution >= 0.6 is 0 Å². The Labute approximate surface area is 104 Å². The number of hydrogen-bond acceptors (Lipinski definition) is 2. The highest BCUT2D eigenvalue weighted by atomic mass is 19.1. The molecule has 96 valence electrons. The molecule has 1 rings (SSSR count). The van der Waals surface area contributed by atoms with Crippen LogP contribution in [0.15, 0.2) is 24.3 Å². The van der Waals surface area contributed by atoms with Crippen molar-refractivity contribution in [2.75, 3.05) is 26.7 Å². The Morgan fingerprint density at radius 2 is 2.00 bits per heavy atom. The molecule has 1 aromatic carbocycles. The van der Waals surface area contributed by atoms with Gasteiger partial charge < -0.3 is 10.2 Å². The predicted octanol–water partition coefficient (Wildman–Crippen LogP) is 2.65. The second kappa shape index (κ2) is 8.20. The number of halogens is 1. The molecule has 2 nitrogen and oxygen atoms in total. The van der Waals surface area contributed by atoms with Crippen molar-refractivity contribution >= 4 is 0 Å². The van der Waals surface area contributed by atoms with Gasteiger partial charge in [0, 0.05) is 12.1 Å². The second-order valence-corrected chi connectivity index (χ2v) is 4.39. The third-order valence-electron chi connectivity index (χ3n) is 2.79. The maximum absolute atomic E-state index is 13.4. The molecule has 1 aromatic rings. The average molecular weight is 238 g/mol. The van der Waals surface area contributed by atoms with E-state index in [1.807, 2.05) is 19.2 Å². The van der Waals surface area contributed by atoms with E-state index in [4.69, 9.17) is 0 Å². The van der Waals surface area contributed by atoms with Crippen LogP contribution in [0.4, 0.5) is 4.39 Å². The highest BCUT2D eigenvalue weighted by Gasteiger charge is 2.04. The lowest BCUT2D eigenvalue weighted by molar-refractivity contribution is 0.313. The van der Waals surface area contributed by atoms with Gasteiger partial charge >= 0.3 is 0 Å². The van der Waals surface area contributed by atoms with Crippen molar-refractivity contribution in [2.45, 2.75) is 26.3 Å². The van der Waals surface area contributed by atoms with E-state index in [9.17, 15) is 4.39 Å². The van der Waals surface area contributed by atoms with Gasteiger partial charge in [0.05, 0.1) is 0 Å². The number of nitrogens with zero attached hydrogens (tertiary/aromatic N) is 1. The minimum Gasteiger partial charge on any atom is -0.317 e. The smallest absolute Gasteiger partial charge is 0.127 e. The van der Waals surface area contributed by atoms with E-state index < -0.39 is 0 Å². The van der Waals surface area contributed by atoms with E-state index in [-0.39, 0.29) is 5.82 Å². The molecule has 0 aromatic heterocycles. The molecule has 0 radical (unpaired) electrons. The van der Waals surface area contributed by atoms with Crippen molar-refractivity contribution < 1.29 is 4.39 Å². The van der Waals surface area contributed by atoms with Crippen molar-refractivity contribution in [1.82, 2.24) is 10.2 Å². The van der Waals surface area contributed by atoms with Crippen LogP contribution in [0.3, 0.4) is 0 Å². The van der Waals surface area contributed by atoms with Crippen LogP contribution in [0.25, 0.3) is 0 Å². The van der Waals surface area contributed by atoms with Gasteiger partial charge in [0.2, 0.25) is 0 Å². The van der Waals surface area contributed by atoms with E-state index in [1.165, 1.54) is 12.5 Å². The van der Waals surface area contributed by atoms with Crippen LogP contribution in [0.2, 0.25) is 0 Å². The van der Waals surface area contributed by atoms with Gasteiger partial charge in [-0.3, -0.25) is 0 Å². The zero-order chi connectivity index (χ0) is 12.5. The van der Waals surface area contributed by atoms with Crippen molar-refractivity contribution in [1.29, 1.82) is 0 Å². The van der Waals surface area contributed by atoms with Crippen LogP contribution in [-0.2, 0) is 6.54 Å². The van der Waals surface area contributed by atoms with Gasteiger partial charge in [-0.1, -0.05) is 25.1 Å². The summed E-state index contributed by atoms with van der Waals surface area (Å²) < 4.78 is 13.4. The molecule has 0 bridgehead atoms. The third kappa shape index (κ3) is 5.80. The standard InChI is InChI=1S/C14H23FN2/c1-3-16-10-6-7-11-17(2)12-13-8-4-5-9-14(13)15/h4-5,8-9,16H,3,6-7,10-12H2,1-2H3. The molecular weight excluding hydrogens is 215 g/mol. The minimum absolute atomic E-state index is 0.105. The topological polar surface area (TPSA) is 15.3 Å². The normalized spacial score (nSPS) is 11.1. The van der Waals surface area contributed by atoms with Crippen molar-refractivity contribution in [3.63, 3.8) is 0 Å². The summed E-state index contributed by atoms with van der Waals surface area (Å²) in [5.74, 6) is -0.105. The first kappa shape index (κ1) is 14.1. The maximum atomic E-state index is 13.4. The highest BCUT2D eigenvalue weighted by Crippen LogP contribution is 2.09. The molecule has 3 heteroatoms. The van der Waals surface area contributed by atoms with Crippen LogP contribution < -0.4 is 5.32 Å². The van der Waals surface area contributed by atoms with Crippen molar-refractivity contribution in [2.24, 2.45) is 0 Å². The molecule has 0 amide bonds. The first-order valence-electron chi connectivity index (χ1n) is 6.36. The van der Waals surface area contributed by atoms with Crippen molar-refractivity contribution in [3.05, 3.63) is 35.6 Å². The first-order chi connectivity index (χ1) is 8.24. The Morgan fingerprint density at radius 1 is 1.24 bits per heavy atom. The Balaban J connectivity index is 2.21. The zero-order valence-electron chi connectivity index (χ0n) is 10.9. The Hall–Kier alpha value is -0.930. The summed E-state index contributed by atoms with van der Waals surface area (Å²) in [5.41, 5.74) is 0.779. The molecule has 0 unspecified atom stereocenters. The van der Waals surface area contributed by atoms with Crippen molar-refractivity contribution in [3.8, 4) is 0 Å². The zero-order valence-corrected chi connectivity index (χ0v) is 10.9. The maximum Gasteiger partial charge on any atom is 0.127 e. The van der Waals surface area contributed by atoms with Crippen LogP contribution in [0.5, 0.6) is 0 Å². The second-order valence-electron chi connectivity index (χ2n) is 4.39. The summed E-state index contributed by atoms with van der Waals surface area (Å²) in [6, 6.07) is 6.99. The lowest BCUT2D eigenvalue weighted by atomic mass is 10.2. The fourth-order valence-corrected chi connectivity index (χ4v) is 1.80. The van der Waals surface area contributed by atoms with Gasteiger partial charge in [-0.15, -0.1) is 0 Å². The van der Waals surface area contributed by atoms with Gasteiger partial charge in [-0.05, 0) is 45.6 Å². The van der Waals surface area contributed by atoms with Crippen LogP contribution in [0, 0.1) is 5.82 Å². The molecule has 17 heavy (non-hydrogen) atoms. The molecule has 0 saturated carbocycles. The molecule has 0 saturated heterocycles. The molecule has 1 N–H and O–H groups in total. The molecule has 0 atom stereocenters. The lowest BCUT2D eigenvalue weighted by Crippen LogP contribution is -2.21. The number of hydrogen-bond donors (Lipinski definition) is 1. The molecule has 0 heterocycles. The molecule has 0 aliphatic rings. The first-order valence-corrected chi connectivity index (χ1v) is 6.36. The molecule has 0 spiro atoms. The van der Waals surface area contributed by atoms with E-state index >= 15 is 0 Å². The van der Waals surface area contributed by atoms with E-state index in [0.29, 0.717) is 6.54 Å². The fourth-order valence-electron chi connectivity index (χ4n) is 1.80. The number of rotatable bonds is 8. The Kier molecular flexibility index (Phi) is 6.82. The average Bonchev–Trinajstić information content (AvgIpc) is 2.32. The summed E-state index contributed by atoms with van der Waals surface area (Å²) in [7, 11) is 2.04. The molecular formula is C14H23FN2. The quantitative estimate of drug-likeness (QED) is 0.700. The predicted molar refractivity (Wildman–Crippen MR) is 70.5 cm³/mol. The van der Waals surface area contributed by atoms with Gasteiger partial charge in [0.15, 0.2) is 0 Å². The Morgan fingerprint density at radius 3 is 2.71 bits per heavy atom. The largest absolute Gasteiger partial charge is 0.317 e. The Bertz CT molecular complexity index is 315. The van der Waals surface area contributed by atoms with Crippen LogP contribution in [-0.4, -0.2) is 31.6 Å². The molecule has 0 fully saturated rings. The van der Waals surface area contributed by atoms with Gasteiger partial charge in [-0.25, -0.2) is 4.39 Å².